The second-order valence-electron chi connectivity index (χ2n) is 6.71. The molecule has 1 saturated heterocycles. The highest BCUT2D eigenvalue weighted by Gasteiger charge is 2.53. The molecule has 3 N–H and O–H groups in total. The first-order valence-electron chi connectivity index (χ1n) is 8.26. The third kappa shape index (κ3) is 3.90. The fourth-order valence-corrected chi connectivity index (χ4v) is 3.19. The smallest absolute Gasteiger partial charge is 0.404 e. The molecule has 0 radical (unpaired) electrons. The number of benzene rings is 1. The Morgan fingerprint density at radius 3 is 2.63 bits per heavy atom. The Kier molecular flexibility index (Phi) is 5.09. The van der Waals surface area contributed by atoms with E-state index in [-0.39, 0.29) is 0 Å². The molecule has 1 aliphatic rings. The topological polar surface area (TPSA) is 130 Å². The summed E-state index contributed by atoms with van der Waals surface area (Å²) in [5.41, 5.74) is 3.99. The third-order valence-corrected chi connectivity index (χ3v) is 4.37. The minimum atomic E-state index is -1.37. The van der Waals surface area contributed by atoms with E-state index in [0.717, 1.165) is 0 Å². The summed E-state index contributed by atoms with van der Waals surface area (Å²) in [6, 6.07) is 7.78. The van der Waals surface area contributed by atoms with Gasteiger partial charge in [0.05, 0.1) is 5.60 Å². The maximum Gasteiger partial charge on any atom is 0.404 e. The average molecular weight is 379 g/mol. The van der Waals surface area contributed by atoms with Crippen LogP contribution >= 0.6 is 0 Å². The number of hydrogen-bond acceptors (Lipinski definition) is 8. The summed E-state index contributed by atoms with van der Waals surface area (Å²) in [7, 11) is 1.41. The van der Waals surface area contributed by atoms with E-state index >= 15 is 0 Å². The number of hydrogen-bond donors (Lipinski definition) is 2. The summed E-state index contributed by atoms with van der Waals surface area (Å²) in [4.78, 5) is 22.6. The summed E-state index contributed by atoms with van der Waals surface area (Å²) in [6.45, 7) is 3.42. The number of methoxy groups -OCH3 is 1. The van der Waals surface area contributed by atoms with Crippen LogP contribution in [0.4, 0.5) is 4.79 Å². The fraction of sp³-hybridized carbons (Fsp3) is 0.444. The van der Waals surface area contributed by atoms with Gasteiger partial charge in [0.15, 0.2) is 12.2 Å². The van der Waals surface area contributed by atoms with Gasteiger partial charge in [-0.3, -0.25) is 0 Å². The van der Waals surface area contributed by atoms with Gasteiger partial charge in [0.25, 0.3) is 0 Å². The summed E-state index contributed by atoms with van der Waals surface area (Å²) in [5.74, 6) is 0.297. The Hall–Kier alpha value is -2.62. The van der Waals surface area contributed by atoms with Crippen LogP contribution in [-0.4, -0.2) is 48.5 Å². The molecule has 1 fully saturated rings. The van der Waals surface area contributed by atoms with Crippen molar-refractivity contribution in [3.8, 4) is 5.75 Å². The van der Waals surface area contributed by atoms with E-state index in [1.807, 2.05) is 0 Å². The van der Waals surface area contributed by atoms with Crippen LogP contribution in [0.1, 0.15) is 13.8 Å². The highest BCUT2D eigenvalue weighted by atomic mass is 16.7. The Balaban J connectivity index is 1.89. The molecule has 0 saturated carbocycles. The van der Waals surface area contributed by atoms with Gasteiger partial charge in [-0.15, -0.1) is 0 Å². The number of fused-ring (bicyclic) bond motifs is 1. The second-order valence-corrected chi connectivity index (χ2v) is 6.71. The summed E-state index contributed by atoms with van der Waals surface area (Å²) in [6.07, 6.45) is -5.46. The zero-order valence-corrected chi connectivity index (χ0v) is 15.1. The molecule has 0 spiro atoms. The van der Waals surface area contributed by atoms with Crippen LogP contribution in [0.25, 0.3) is 11.0 Å². The Bertz CT molecular complexity index is 892. The number of rotatable bonds is 4. The number of aliphatic hydroxyl groups is 1. The van der Waals surface area contributed by atoms with Gasteiger partial charge in [0.2, 0.25) is 6.29 Å². The number of carbonyl (C=O) groups is 1. The molecule has 9 heteroatoms. The van der Waals surface area contributed by atoms with Gasteiger partial charge < -0.3 is 34.2 Å². The molecule has 2 heterocycles. The minimum Gasteiger partial charge on any atom is -0.462 e. The molecule has 1 aliphatic heterocycles. The Morgan fingerprint density at radius 2 is 1.96 bits per heavy atom. The van der Waals surface area contributed by atoms with Crippen LogP contribution in [0.5, 0.6) is 5.75 Å². The predicted molar refractivity (Wildman–Crippen MR) is 93.3 cm³/mol. The van der Waals surface area contributed by atoms with E-state index in [9.17, 15) is 14.7 Å². The number of ether oxygens (including phenoxy) is 4. The molecular formula is C18H21NO8. The van der Waals surface area contributed by atoms with Crippen LogP contribution in [-0.2, 0) is 14.2 Å². The van der Waals surface area contributed by atoms with E-state index in [0.29, 0.717) is 16.7 Å². The molecule has 0 bridgehead atoms. The average Bonchev–Trinajstić information content (AvgIpc) is 2.58. The first-order chi connectivity index (χ1) is 12.7. The van der Waals surface area contributed by atoms with Gasteiger partial charge in [0, 0.05) is 24.6 Å². The first kappa shape index (κ1) is 19.2. The van der Waals surface area contributed by atoms with Crippen molar-refractivity contribution >= 4 is 17.1 Å². The molecule has 9 nitrogen and oxygen atoms in total. The maximum absolute atomic E-state index is 11.4. The van der Waals surface area contributed by atoms with Crippen LogP contribution < -0.4 is 16.1 Å². The van der Waals surface area contributed by atoms with Crippen molar-refractivity contribution in [1.82, 2.24) is 0 Å². The number of primary amides is 1. The summed E-state index contributed by atoms with van der Waals surface area (Å²) >= 11 is 0. The monoisotopic (exact) mass is 379 g/mol. The SMILES string of the molecule is CO[C@@H]1[C@@H](OC(N)=O)C(O)[C@H](Oc2ccc3ccc(=O)oc3c2)OC1(C)C. The van der Waals surface area contributed by atoms with Crippen LogP contribution in [0.15, 0.2) is 39.5 Å². The fourth-order valence-electron chi connectivity index (χ4n) is 3.19. The van der Waals surface area contributed by atoms with E-state index in [1.54, 1.807) is 32.0 Å². The molecule has 0 aliphatic carbocycles. The number of aliphatic hydroxyl groups excluding tert-OH is 1. The minimum absolute atomic E-state index is 0.297. The van der Waals surface area contributed by atoms with E-state index in [2.05, 4.69) is 0 Å². The predicted octanol–water partition coefficient (Wildman–Crippen LogP) is 1.15. The second kappa shape index (κ2) is 7.18. The lowest BCUT2D eigenvalue weighted by molar-refractivity contribution is -0.304. The Morgan fingerprint density at radius 1 is 1.26 bits per heavy atom. The molecule has 146 valence electrons. The molecule has 27 heavy (non-hydrogen) atoms. The van der Waals surface area contributed by atoms with Crippen molar-refractivity contribution in [2.45, 2.75) is 44.1 Å². The number of amides is 1. The lowest BCUT2D eigenvalue weighted by atomic mass is 9.89. The lowest BCUT2D eigenvalue weighted by Gasteiger charge is -2.47. The zero-order valence-electron chi connectivity index (χ0n) is 15.1. The van der Waals surface area contributed by atoms with Gasteiger partial charge in [0.1, 0.15) is 17.4 Å². The van der Waals surface area contributed by atoms with Crippen molar-refractivity contribution in [1.29, 1.82) is 0 Å². The highest BCUT2D eigenvalue weighted by molar-refractivity contribution is 5.77. The van der Waals surface area contributed by atoms with Crippen LogP contribution in [0.2, 0.25) is 0 Å². The van der Waals surface area contributed by atoms with Crippen molar-refractivity contribution < 1.29 is 33.3 Å². The zero-order chi connectivity index (χ0) is 19.8. The molecule has 1 unspecified atom stereocenters. The van der Waals surface area contributed by atoms with Crippen LogP contribution in [0.3, 0.4) is 0 Å². The molecular weight excluding hydrogens is 358 g/mol. The van der Waals surface area contributed by atoms with Gasteiger partial charge in [-0.05, 0) is 32.0 Å². The largest absolute Gasteiger partial charge is 0.462 e. The maximum atomic E-state index is 11.4. The summed E-state index contributed by atoms with van der Waals surface area (Å²) < 4.78 is 27.1. The van der Waals surface area contributed by atoms with E-state index < -0.39 is 41.9 Å². The van der Waals surface area contributed by atoms with Crippen molar-refractivity contribution in [3.63, 3.8) is 0 Å². The Labute approximate surface area is 154 Å². The van der Waals surface area contributed by atoms with E-state index in [1.165, 1.54) is 19.2 Å². The van der Waals surface area contributed by atoms with Crippen molar-refractivity contribution in [2.75, 3.05) is 7.11 Å². The molecule has 3 rings (SSSR count). The standard InChI is InChI=1S/C18H21NO8/c1-18(2)15(23-3)14(26-17(19)22)13(21)16(27-18)24-10-6-4-9-5-7-12(20)25-11(9)8-10/h4-8,13-16,21H,1-3H3,(H2,19,22)/t13?,14-,15+,16+/m0/s1. The molecule has 1 aromatic heterocycles. The van der Waals surface area contributed by atoms with Crippen LogP contribution in [0, 0.1) is 0 Å². The van der Waals surface area contributed by atoms with Crippen molar-refractivity contribution in [3.05, 3.63) is 40.8 Å². The third-order valence-electron chi connectivity index (χ3n) is 4.37. The van der Waals surface area contributed by atoms with Gasteiger partial charge >= 0.3 is 11.7 Å². The van der Waals surface area contributed by atoms with Gasteiger partial charge in [-0.25, -0.2) is 9.59 Å². The molecule has 1 aromatic carbocycles. The highest BCUT2D eigenvalue weighted by Crippen LogP contribution is 2.34. The first-order valence-corrected chi connectivity index (χ1v) is 8.26. The quantitative estimate of drug-likeness (QED) is 0.757. The van der Waals surface area contributed by atoms with Crippen molar-refractivity contribution in [2.24, 2.45) is 5.73 Å². The van der Waals surface area contributed by atoms with E-state index in [4.69, 9.17) is 29.1 Å². The lowest BCUT2D eigenvalue weighted by Crippen LogP contribution is -2.65. The normalized spacial score (nSPS) is 27.3. The number of carbonyl (C=O) groups excluding carboxylic acids is 1. The molecule has 1 amide bonds. The molecule has 4 atom stereocenters. The number of nitrogens with two attached hydrogens (primary N) is 1. The van der Waals surface area contributed by atoms with Gasteiger partial charge in [-0.2, -0.15) is 0 Å². The van der Waals surface area contributed by atoms with Gasteiger partial charge in [-0.1, -0.05) is 0 Å². The molecule has 2 aromatic rings. The summed E-state index contributed by atoms with van der Waals surface area (Å²) in [5, 5.41) is 11.3.